The molecule has 0 aromatic heterocycles. The highest BCUT2D eigenvalue weighted by molar-refractivity contribution is 5.89. The first kappa shape index (κ1) is 16.9. The third-order valence-electron chi connectivity index (χ3n) is 2.37. The van der Waals surface area contributed by atoms with Crippen molar-refractivity contribution in [3.63, 3.8) is 0 Å². The number of rotatable bonds is 6. The molecule has 7 nitrogen and oxygen atoms in total. The topological polar surface area (TPSA) is 80.3 Å². The highest BCUT2D eigenvalue weighted by Gasteiger charge is 2.15. The van der Waals surface area contributed by atoms with Crippen molar-refractivity contribution < 1.29 is 33.9 Å². The third kappa shape index (κ3) is 6.24. The lowest BCUT2D eigenvalue weighted by Gasteiger charge is -2.10. The van der Waals surface area contributed by atoms with E-state index in [0.29, 0.717) is 0 Å². The van der Waals surface area contributed by atoms with Crippen LogP contribution in [0.15, 0.2) is 18.2 Å². The number of benzene rings is 1. The lowest BCUT2D eigenvalue weighted by molar-refractivity contribution is -0.453. The third-order valence-corrected chi connectivity index (χ3v) is 2.37. The van der Waals surface area contributed by atoms with Gasteiger partial charge in [0.15, 0.2) is 0 Å². The van der Waals surface area contributed by atoms with Gasteiger partial charge >= 0.3 is 12.1 Å². The number of hydrogen-bond acceptors (Lipinski definition) is 7. The molecule has 21 heavy (non-hydrogen) atoms. The van der Waals surface area contributed by atoms with E-state index in [9.17, 15) is 9.59 Å². The molecule has 1 rings (SSSR count). The molecule has 0 aliphatic rings. The van der Waals surface area contributed by atoms with Gasteiger partial charge in [-0.15, -0.1) is 0 Å². The molecule has 1 unspecified atom stereocenters. The Morgan fingerprint density at radius 3 is 2.29 bits per heavy atom. The molecule has 0 saturated heterocycles. The molecule has 0 N–H and O–H groups in total. The van der Waals surface area contributed by atoms with Crippen molar-refractivity contribution in [2.24, 2.45) is 0 Å². The molecule has 0 heterocycles. The van der Waals surface area contributed by atoms with E-state index in [1.54, 1.807) is 19.1 Å². The molecular weight excluding hydrogens is 280 g/mol. The molecule has 0 aliphatic heterocycles. The minimum atomic E-state index is -1.13. The Hall–Kier alpha value is -2.12. The molecule has 1 atom stereocenters. The van der Waals surface area contributed by atoms with E-state index in [0.717, 1.165) is 11.1 Å². The number of hydrogen-bond donors (Lipinski definition) is 0. The number of ether oxygens (including phenoxy) is 2. The van der Waals surface area contributed by atoms with Crippen LogP contribution in [0.25, 0.3) is 0 Å². The van der Waals surface area contributed by atoms with Crippen LogP contribution in [-0.2, 0) is 24.3 Å². The van der Waals surface area contributed by atoms with Crippen molar-refractivity contribution in [2.75, 3.05) is 13.7 Å². The second kappa shape index (κ2) is 8.23. The minimum Gasteiger partial charge on any atom is -0.427 e. The number of carbonyl (C=O) groups is 2. The summed E-state index contributed by atoms with van der Waals surface area (Å²) >= 11 is 0. The van der Waals surface area contributed by atoms with Crippen LogP contribution in [0.3, 0.4) is 0 Å². The van der Waals surface area contributed by atoms with Crippen molar-refractivity contribution in [3.05, 3.63) is 34.9 Å². The Labute approximate surface area is 122 Å². The predicted molar refractivity (Wildman–Crippen MR) is 71.3 cm³/mol. The molecule has 1 aromatic carbocycles. The molecule has 1 aromatic rings. The van der Waals surface area contributed by atoms with Gasteiger partial charge in [0.05, 0.1) is 17.2 Å². The maximum Gasteiger partial charge on any atom is 0.543 e. The zero-order valence-corrected chi connectivity index (χ0v) is 12.4. The summed E-state index contributed by atoms with van der Waals surface area (Å²) in [6.45, 7) is 5.50. The highest BCUT2D eigenvalue weighted by atomic mass is 17.5. The van der Waals surface area contributed by atoms with Crippen LogP contribution in [0.4, 0.5) is 4.79 Å². The lowest BCUT2D eigenvalue weighted by Crippen LogP contribution is -2.21. The summed E-state index contributed by atoms with van der Waals surface area (Å²) in [7, 11) is 1.47. The van der Waals surface area contributed by atoms with Gasteiger partial charge in [0.1, 0.15) is 6.10 Å². The quantitative estimate of drug-likeness (QED) is 0.453. The van der Waals surface area contributed by atoms with E-state index in [-0.39, 0.29) is 12.2 Å². The average molecular weight is 298 g/mol. The fourth-order valence-electron chi connectivity index (χ4n) is 1.67. The van der Waals surface area contributed by atoms with Gasteiger partial charge in [-0.2, -0.15) is 0 Å². The van der Waals surface area contributed by atoms with E-state index in [2.05, 4.69) is 14.8 Å². The van der Waals surface area contributed by atoms with Gasteiger partial charge < -0.3 is 9.47 Å². The largest absolute Gasteiger partial charge is 0.543 e. The normalized spacial score (nSPS) is 11.6. The molecular formula is C14H18O7. The summed E-state index contributed by atoms with van der Waals surface area (Å²) in [6.07, 6.45) is -1.64. The van der Waals surface area contributed by atoms with Crippen molar-refractivity contribution in [1.82, 2.24) is 0 Å². The van der Waals surface area contributed by atoms with E-state index in [4.69, 9.17) is 9.47 Å². The van der Waals surface area contributed by atoms with Gasteiger partial charge in [0.2, 0.25) is 0 Å². The van der Waals surface area contributed by atoms with Crippen LogP contribution in [-0.4, -0.2) is 31.9 Å². The molecule has 116 valence electrons. The Balaban J connectivity index is 2.38. The molecule has 0 radical (unpaired) electrons. The summed E-state index contributed by atoms with van der Waals surface area (Å²) in [5, 5.41) is 4.11. The fourth-order valence-corrected chi connectivity index (χ4v) is 1.67. The van der Waals surface area contributed by atoms with Crippen LogP contribution in [0, 0.1) is 13.8 Å². The average Bonchev–Trinajstić information content (AvgIpc) is 2.37. The monoisotopic (exact) mass is 298 g/mol. The zero-order valence-electron chi connectivity index (χ0n) is 12.4. The standard InChI is InChI=1S/C14H18O7/c1-9-5-10(2)7-12(6-9)13(15)19-21-20-14(16)18-11(3)8-17-4/h5-7,11H,8H2,1-4H3. The predicted octanol–water partition coefficient (Wildman–Crippen LogP) is 2.49. The Morgan fingerprint density at radius 2 is 1.71 bits per heavy atom. The SMILES string of the molecule is COCC(C)OC(=O)OOOC(=O)c1cc(C)cc(C)c1. The van der Waals surface area contributed by atoms with Gasteiger partial charge in [0.25, 0.3) is 0 Å². The maximum atomic E-state index is 11.7. The maximum absolute atomic E-state index is 11.7. The second-order valence-corrected chi connectivity index (χ2v) is 4.53. The van der Waals surface area contributed by atoms with Gasteiger partial charge in [-0.3, -0.25) is 4.89 Å². The van der Waals surface area contributed by atoms with Crippen LogP contribution >= 0.6 is 0 Å². The van der Waals surface area contributed by atoms with Gasteiger partial charge in [-0.05, 0) is 32.9 Å². The van der Waals surface area contributed by atoms with E-state index < -0.39 is 18.2 Å². The summed E-state index contributed by atoms with van der Waals surface area (Å²) in [4.78, 5) is 31.3. The van der Waals surface area contributed by atoms with Crippen molar-refractivity contribution in [1.29, 1.82) is 0 Å². The summed E-state index contributed by atoms with van der Waals surface area (Å²) in [6, 6.07) is 5.15. The van der Waals surface area contributed by atoms with Crippen molar-refractivity contribution >= 4 is 12.1 Å². The molecule has 7 heteroatoms. The van der Waals surface area contributed by atoms with E-state index in [1.165, 1.54) is 7.11 Å². The van der Waals surface area contributed by atoms with Crippen LogP contribution < -0.4 is 0 Å². The van der Waals surface area contributed by atoms with Gasteiger partial charge in [-0.1, -0.05) is 17.2 Å². The van der Waals surface area contributed by atoms with Crippen LogP contribution in [0.2, 0.25) is 0 Å². The molecule has 0 bridgehead atoms. The summed E-state index contributed by atoms with van der Waals surface area (Å²) in [5.41, 5.74) is 2.09. The van der Waals surface area contributed by atoms with Crippen molar-refractivity contribution in [3.8, 4) is 0 Å². The summed E-state index contributed by atoms with van der Waals surface area (Å²) < 4.78 is 9.48. The second-order valence-electron chi connectivity index (χ2n) is 4.53. The highest BCUT2D eigenvalue weighted by Crippen LogP contribution is 2.10. The molecule has 0 fully saturated rings. The van der Waals surface area contributed by atoms with Crippen LogP contribution in [0.5, 0.6) is 0 Å². The Bertz CT molecular complexity index is 478. The molecule has 0 aliphatic carbocycles. The first-order chi connectivity index (χ1) is 9.92. The smallest absolute Gasteiger partial charge is 0.427 e. The van der Waals surface area contributed by atoms with Gasteiger partial charge in [0, 0.05) is 7.11 Å². The number of carbonyl (C=O) groups excluding carboxylic acids is 2. The number of methoxy groups -OCH3 is 1. The Kier molecular flexibility index (Phi) is 6.64. The van der Waals surface area contributed by atoms with E-state index in [1.807, 2.05) is 19.9 Å². The first-order valence-electron chi connectivity index (χ1n) is 6.25. The minimum absolute atomic E-state index is 0.206. The lowest BCUT2D eigenvalue weighted by atomic mass is 10.1. The summed E-state index contributed by atoms with van der Waals surface area (Å²) in [5.74, 6) is -0.778. The Morgan fingerprint density at radius 1 is 1.10 bits per heavy atom. The molecule has 0 saturated carbocycles. The first-order valence-corrected chi connectivity index (χ1v) is 6.25. The van der Waals surface area contributed by atoms with E-state index >= 15 is 0 Å². The van der Waals surface area contributed by atoms with Gasteiger partial charge in [-0.25, -0.2) is 14.5 Å². The van der Waals surface area contributed by atoms with Crippen LogP contribution in [0.1, 0.15) is 28.4 Å². The molecule has 0 amide bonds. The van der Waals surface area contributed by atoms with Crippen molar-refractivity contribution in [2.45, 2.75) is 26.9 Å². The number of aryl methyl sites for hydroxylation is 2. The fraction of sp³-hybridized carbons (Fsp3) is 0.429. The zero-order chi connectivity index (χ0) is 15.8. The molecule has 0 spiro atoms.